The van der Waals surface area contributed by atoms with Gasteiger partial charge in [-0.25, -0.2) is 4.39 Å². The lowest BCUT2D eigenvalue weighted by molar-refractivity contribution is 0.316. The van der Waals surface area contributed by atoms with Gasteiger partial charge < -0.3 is 10.5 Å². The van der Waals surface area contributed by atoms with Crippen molar-refractivity contribution in [3.8, 4) is 5.75 Å². The lowest BCUT2D eigenvalue weighted by atomic mass is 10.1. The van der Waals surface area contributed by atoms with Gasteiger partial charge in [0.1, 0.15) is 11.6 Å². The van der Waals surface area contributed by atoms with Crippen molar-refractivity contribution in [2.45, 2.75) is 12.8 Å². The van der Waals surface area contributed by atoms with Gasteiger partial charge in [-0.15, -0.1) is 0 Å². The predicted molar refractivity (Wildman–Crippen MR) is 72.6 cm³/mol. The SMILES string of the molecule is NCCc1cc(F)ccc1OCCc1ccccn1. The number of nitrogens with zero attached hydrogens (tertiary/aromatic N) is 1. The third-order valence-corrected chi connectivity index (χ3v) is 2.78. The summed E-state index contributed by atoms with van der Waals surface area (Å²) < 4.78 is 18.8. The van der Waals surface area contributed by atoms with Crippen LogP contribution >= 0.6 is 0 Å². The van der Waals surface area contributed by atoms with Crippen LogP contribution in [-0.2, 0) is 12.8 Å². The van der Waals surface area contributed by atoms with E-state index in [2.05, 4.69) is 4.98 Å². The first-order chi connectivity index (χ1) is 9.29. The van der Waals surface area contributed by atoms with Gasteiger partial charge in [0.25, 0.3) is 0 Å². The zero-order valence-electron chi connectivity index (χ0n) is 10.7. The Morgan fingerprint density at radius 3 is 2.79 bits per heavy atom. The number of aromatic nitrogens is 1. The first kappa shape index (κ1) is 13.5. The molecule has 3 nitrogen and oxygen atoms in total. The normalized spacial score (nSPS) is 10.4. The lowest BCUT2D eigenvalue weighted by Gasteiger charge is -2.11. The van der Waals surface area contributed by atoms with Crippen LogP contribution in [0.25, 0.3) is 0 Å². The molecule has 2 aromatic rings. The fourth-order valence-corrected chi connectivity index (χ4v) is 1.85. The molecule has 0 unspecified atom stereocenters. The number of hydrogen-bond acceptors (Lipinski definition) is 3. The summed E-state index contributed by atoms with van der Waals surface area (Å²) in [5.74, 6) is 0.434. The standard InChI is InChI=1S/C15H17FN2O/c16-13-4-5-15(12(11-13)6-8-17)19-10-7-14-3-1-2-9-18-14/h1-5,9,11H,6-8,10,17H2. The van der Waals surface area contributed by atoms with Crippen molar-refractivity contribution in [2.24, 2.45) is 5.73 Å². The lowest BCUT2D eigenvalue weighted by Crippen LogP contribution is -2.08. The molecule has 1 heterocycles. The summed E-state index contributed by atoms with van der Waals surface area (Å²) in [5.41, 5.74) is 7.30. The summed E-state index contributed by atoms with van der Waals surface area (Å²) in [7, 11) is 0. The van der Waals surface area contributed by atoms with E-state index >= 15 is 0 Å². The molecule has 4 heteroatoms. The highest BCUT2D eigenvalue weighted by atomic mass is 19.1. The molecule has 0 radical (unpaired) electrons. The van der Waals surface area contributed by atoms with Crippen LogP contribution in [0.2, 0.25) is 0 Å². The number of ether oxygens (including phenoxy) is 1. The summed E-state index contributed by atoms with van der Waals surface area (Å²) in [4.78, 5) is 4.22. The Hall–Kier alpha value is -1.94. The zero-order valence-corrected chi connectivity index (χ0v) is 10.7. The van der Waals surface area contributed by atoms with E-state index in [-0.39, 0.29) is 5.82 Å². The third kappa shape index (κ3) is 4.03. The van der Waals surface area contributed by atoms with Crippen LogP contribution in [0.3, 0.4) is 0 Å². The topological polar surface area (TPSA) is 48.1 Å². The van der Waals surface area contributed by atoms with Gasteiger partial charge >= 0.3 is 0 Å². The molecule has 0 aliphatic carbocycles. The minimum Gasteiger partial charge on any atom is -0.493 e. The third-order valence-electron chi connectivity index (χ3n) is 2.78. The van der Waals surface area contributed by atoms with Crippen LogP contribution in [0.5, 0.6) is 5.75 Å². The largest absolute Gasteiger partial charge is 0.493 e. The van der Waals surface area contributed by atoms with Crippen LogP contribution in [0.15, 0.2) is 42.6 Å². The van der Waals surface area contributed by atoms with Gasteiger partial charge in [-0.05, 0) is 48.9 Å². The molecule has 0 aliphatic rings. The van der Waals surface area contributed by atoms with Crippen molar-refractivity contribution in [1.82, 2.24) is 4.98 Å². The number of nitrogens with two attached hydrogens (primary N) is 1. The Labute approximate surface area is 112 Å². The average Bonchev–Trinajstić information content (AvgIpc) is 2.43. The highest BCUT2D eigenvalue weighted by molar-refractivity contribution is 5.34. The zero-order chi connectivity index (χ0) is 13.5. The van der Waals surface area contributed by atoms with E-state index in [1.54, 1.807) is 12.3 Å². The van der Waals surface area contributed by atoms with Gasteiger partial charge in [0.2, 0.25) is 0 Å². The molecular weight excluding hydrogens is 243 g/mol. The van der Waals surface area contributed by atoms with Crippen molar-refractivity contribution in [2.75, 3.05) is 13.2 Å². The quantitative estimate of drug-likeness (QED) is 0.867. The maximum absolute atomic E-state index is 13.2. The Kier molecular flexibility index (Phi) is 4.86. The van der Waals surface area contributed by atoms with Crippen molar-refractivity contribution in [1.29, 1.82) is 0 Å². The Morgan fingerprint density at radius 2 is 2.05 bits per heavy atom. The number of benzene rings is 1. The van der Waals surface area contributed by atoms with E-state index in [9.17, 15) is 4.39 Å². The molecule has 1 aromatic carbocycles. The first-order valence-electron chi connectivity index (χ1n) is 6.31. The molecule has 0 saturated heterocycles. The molecule has 0 atom stereocenters. The van der Waals surface area contributed by atoms with E-state index < -0.39 is 0 Å². The number of halogens is 1. The van der Waals surface area contributed by atoms with Crippen LogP contribution in [-0.4, -0.2) is 18.1 Å². The van der Waals surface area contributed by atoms with Crippen LogP contribution in [0.4, 0.5) is 4.39 Å². The summed E-state index contributed by atoms with van der Waals surface area (Å²) in [5, 5.41) is 0. The number of rotatable bonds is 6. The van der Waals surface area contributed by atoms with E-state index in [1.165, 1.54) is 12.1 Å². The molecule has 19 heavy (non-hydrogen) atoms. The van der Waals surface area contributed by atoms with E-state index in [0.717, 1.165) is 17.7 Å². The van der Waals surface area contributed by atoms with Crippen molar-refractivity contribution in [3.63, 3.8) is 0 Å². The van der Waals surface area contributed by atoms with Gasteiger partial charge in [0, 0.05) is 18.3 Å². The van der Waals surface area contributed by atoms with E-state index in [4.69, 9.17) is 10.5 Å². The molecule has 2 rings (SSSR count). The molecule has 0 spiro atoms. The minimum atomic E-state index is -0.263. The Bertz CT molecular complexity index is 517. The van der Waals surface area contributed by atoms with Crippen LogP contribution in [0.1, 0.15) is 11.3 Å². The van der Waals surface area contributed by atoms with Crippen molar-refractivity contribution >= 4 is 0 Å². The number of hydrogen-bond donors (Lipinski definition) is 1. The van der Waals surface area contributed by atoms with E-state index in [0.29, 0.717) is 25.3 Å². The molecular formula is C15H17FN2O. The predicted octanol–water partition coefficient (Wildman–Crippen LogP) is 2.34. The maximum Gasteiger partial charge on any atom is 0.123 e. The highest BCUT2D eigenvalue weighted by Crippen LogP contribution is 2.20. The second-order valence-electron chi connectivity index (χ2n) is 4.21. The van der Waals surface area contributed by atoms with Gasteiger partial charge in [0.15, 0.2) is 0 Å². The van der Waals surface area contributed by atoms with Gasteiger partial charge in [-0.2, -0.15) is 0 Å². The van der Waals surface area contributed by atoms with Crippen molar-refractivity contribution < 1.29 is 9.13 Å². The molecule has 2 N–H and O–H groups in total. The molecule has 0 fully saturated rings. The van der Waals surface area contributed by atoms with Crippen LogP contribution < -0.4 is 10.5 Å². The summed E-state index contributed by atoms with van der Waals surface area (Å²) in [6, 6.07) is 10.3. The Balaban J connectivity index is 1.95. The van der Waals surface area contributed by atoms with Gasteiger partial charge in [-0.3, -0.25) is 4.98 Å². The molecule has 1 aromatic heterocycles. The second kappa shape index (κ2) is 6.85. The molecule has 0 saturated carbocycles. The van der Waals surface area contributed by atoms with Crippen LogP contribution in [0, 0.1) is 5.82 Å². The smallest absolute Gasteiger partial charge is 0.123 e. The highest BCUT2D eigenvalue weighted by Gasteiger charge is 2.05. The van der Waals surface area contributed by atoms with Gasteiger partial charge in [0.05, 0.1) is 6.61 Å². The number of pyridine rings is 1. The average molecular weight is 260 g/mol. The molecule has 100 valence electrons. The summed E-state index contributed by atoms with van der Waals surface area (Å²) in [6.07, 6.45) is 3.09. The summed E-state index contributed by atoms with van der Waals surface area (Å²) >= 11 is 0. The Morgan fingerprint density at radius 1 is 1.16 bits per heavy atom. The summed E-state index contributed by atoms with van der Waals surface area (Å²) in [6.45, 7) is 0.986. The molecule has 0 bridgehead atoms. The first-order valence-corrected chi connectivity index (χ1v) is 6.31. The fourth-order valence-electron chi connectivity index (χ4n) is 1.85. The second-order valence-corrected chi connectivity index (χ2v) is 4.21. The monoisotopic (exact) mass is 260 g/mol. The van der Waals surface area contributed by atoms with Gasteiger partial charge in [-0.1, -0.05) is 6.07 Å². The molecule has 0 aliphatic heterocycles. The minimum absolute atomic E-state index is 0.263. The fraction of sp³-hybridized carbons (Fsp3) is 0.267. The van der Waals surface area contributed by atoms with E-state index in [1.807, 2.05) is 18.2 Å². The van der Waals surface area contributed by atoms with Crippen molar-refractivity contribution in [3.05, 3.63) is 59.7 Å². The maximum atomic E-state index is 13.2. The molecule has 0 amide bonds.